The summed E-state index contributed by atoms with van der Waals surface area (Å²) in [6, 6.07) is 27.0. The lowest BCUT2D eigenvalue weighted by molar-refractivity contribution is -0.141. The Bertz CT molecular complexity index is 1010. The van der Waals surface area contributed by atoms with Gasteiger partial charge in [0.1, 0.15) is 6.04 Å². The van der Waals surface area contributed by atoms with Gasteiger partial charge in [-0.05, 0) is 49.1 Å². The zero-order chi connectivity index (χ0) is 24.5. The lowest BCUT2D eigenvalue weighted by atomic mass is 9.88. The van der Waals surface area contributed by atoms with Crippen molar-refractivity contribution in [2.45, 2.75) is 58.2 Å². The third kappa shape index (κ3) is 6.94. The monoisotopic (exact) mass is 476 g/mol. The summed E-state index contributed by atoms with van der Waals surface area (Å²) < 4.78 is 0. The van der Waals surface area contributed by atoms with Crippen LogP contribution in [0.5, 0.6) is 0 Å². The predicted octanol–water partition coefficient (Wildman–Crippen LogP) is 6.19. The molecule has 4 nitrogen and oxygen atoms in total. The highest BCUT2D eigenvalue weighted by atomic mass is 35.5. The molecule has 0 saturated heterocycles. The smallest absolute Gasteiger partial charge is 0.243 e. The van der Waals surface area contributed by atoms with Gasteiger partial charge in [0.05, 0.1) is 0 Å². The third-order valence-electron chi connectivity index (χ3n) is 5.87. The number of hydrogen-bond donors (Lipinski definition) is 1. The highest BCUT2D eigenvalue weighted by Crippen LogP contribution is 2.29. The fourth-order valence-corrected chi connectivity index (χ4v) is 4.30. The highest BCUT2D eigenvalue weighted by molar-refractivity contribution is 6.30. The topological polar surface area (TPSA) is 49.4 Å². The minimum absolute atomic E-state index is 0.00424. The van der Waals surface area contributed by atoms with Gasteiger partial charge in [-0.2, -0.15) is 0 Å². The van der Waals surface area contributed by atoms with Crippen LogP contribution in [0.15, 0.2) is 84.9 Å². The van der Waals surface area contributed by atoms with Gasteiger partial charge in [0.15, 0.2) is 0 Å². The van der Waals surface area contributed by atoms with Gasteiger partial charge >= 0.3 is 0 Å². The van der Waals surface area contributed by atoms with E-state index in [1.54, 1.807) is 4.90 Å². The lowest BCUT2D eigenvalue weighted by Crippen LogP contribution is -2.50. The fraction of sp³-hybridized carbons (Fsp3) is 0.310. The molecule has 0 fully saturated rings. The van der Waals surface area contributed by atoms with Gasteiger partial charge < -0.3 is 10.2 Å². The summed E-state index contributed by atoms with van der Waals surface area (Å²) in [6.45, 7) is 6.14. The molecule has 3 aromatic carbocycles. The van der Waals surface area contributed by atoms with Gasteiger partial charge in [0.25, 0.3) is 0 Å². The molecule has 3 aromatic rings. The largest absolute Gasteiger partial charge is 0.352 e. The SMILES string of the molecule is CC[C@@H](C(=O)NC(C)C)N(Cc1ccc(Cl)cc1)C(=O)CC(c1ccccc1)c1ccccc1. The van der Waals surface area contributed by atoms with E-state index in [-0.39, 0.29) is 30.2 Å². The lowest BCUT2D eigenvalue weighted by Gasteiger charge is -2.32. The molecule has 0 heterocycles. The van der Waals surface area contributed by atoms with E-state index in [2.05, 4.69) is 29.6 Å². The van der Waals surface area contributed by atoms with Gasteiger partial charge in [-0.15, -0.1) is 0 Å². The molecular formula is C29H33ClN2O2. The molecule has 0 spiro atoms. The maximum atomic E-state index is 13.9. The van der Waals surface area contributed by atoms with Crippen LogP contribution in [0.3, 0.4) is 0 Å². The van der Waals surface area contributed by atoms with Crippen LogP contribution < -0.4 is 5.32 Å². The molecule has 2 amide bonds. The summed E-state index contributed by atoms with van der Waals surface area (Å²) in [5, 5.41) is 3.63. The van der Waals surface area contributed by atoms with Crippen LogP contribution in [0.25, 0.3) is 0 Å². The Balaban J connectivity index is 1.94. The second-order valence-electron chi connectivity index (χ2n) is 8.81. The molecule has 0 saturated carbocycles. The Kier molecular flexibility index (Phi) is 9.29. The van der Waals surface area contributed by atoms with Crippen LogP contribution in [0, 0.1) is 0 Å². The Morgan fingerprint density at radius 2 is 1.38 bits per heavy atom. The number of benzene rings is 3. The number of hydrogen-bond acceptors (Lipinski definition) is 2. The van der Waals surface area contributed by atoms with Gasteiger partial charge in [-0.25, -0.2) is 0 Å². The average molecular weight is 477 g/mol. The number of carbonyl (C=O) groups excluding carboxylic acids is 2. The van der Waals surface area contributed by atoms with E-state index >= 15 is 0 Å². The van der Waals surface area contributed by atoms with Crippen molar-refractivity contribution in [3.05, 3.63) is 107 Å². The summed E-state index contributed by atoms with van der Waals surface area (Å²) in [5.74, 6) is -0.289. The van der Waals surface area contributed by atoms with Crippen LogP contribution >= 0.6 is 11.6 Å². The van der Waals surface area contributed by atoms with E-state index in [0.717, 1.165) is 16.7 Å². The summed E-state index contributed by atoms with van der Waals surface area (Å²) in [7, 11) is 0. The summed E-state index contributed by atoms with van der Waals surface area (Å²) >= 11 is 6.07. The van der Waals surface area contributed by atoms with Gasteiger partial charge in [0, 0.05) is 29.9 Å². The predicted molar refractivity (Wildman–Crippen MR) is 139 cm³/mol. The van der Waals surface area contributed by atoms with Crippen molar-refractivity contribution in [3.63, 3.8) is 0 Å². The Hall–Kier alpha value is -3.11. The molecule has 0 aliphatic rings. The van der Waals surface area contributed by atoms with Crippen molar-refractivity contribution >= 4 is 23.4 Å². The van der Waals surface area contributed by atoms with Crippen LogP contribution in [-0.4, -0.2) is 28.8 Å². The second kappa shape index (κ2) is 12.4. The Morgan fingerprint density at radius 3 is 1.85 bits per heavy atom. The maximum absolute atomic E-state index is 13.9. The molecule has 1 atom stereocenters. The van der Waals surface area contributed by atoms with Gasteiger partial charge in [0.2, 0.25) is 11.8 Å². The Labute approximate surface area is 207 Å². The van der Waals surface area contributed by atoms with E-state index in [4.69, 9.17) is 11.6 Å². The first kappa shape index (κ1) is 25.5. The van der Waals surface area contributed by atoms with E-state index in [0.29, 0.717) is 18.0 Å². The van der Waals surface area contributed by atoms with Crippen molar-refractivity contribution < 1.29 is 9.59 Å². The van der Waals surface area contributed by atoms with Crippen molar-refractivity contribution in [1.82, 2.24) is 10.2 Å². The molecule has 0 radical (unpaired) electrons. The summed E-state index contributed by atoms with van der Waals surface area (Å²) in [4.78, 5) is 28.7. The summed E-state index contributed by atoms with van der Waals surface area (Å²) in [6.07, 6.45) is 0.798. The molecule has 0 unspecified atom stereocenters. The van der Waals surface area contributed by atoms with E-state index in [1.165, 1.54) is 0 Å². The first-order chi connectivity index (χ1) is 16.4. The minimum atomic E-state index is -0.558. The number of halogens is 1. The van der Waals surface area contributed by atoms with Crippen molar-refractivity contribution in [2.75, 3.05) is 0 Å². The number of carbonyl (C=O) groups is 2. The molecule has 0 aromatic heterocycles. The highest BCUT2D eigenvalue weighted by Gasteiger charge is 2.31. The molecule has 0 bridgehead atoms. The Morgan fingerprint density at radius 1 is 0.853 bits per heavy atom. The normalized spacial score (nSPS) is 11.9. The van der Waals surface area contributed by atoms with Crippen molar-refractivity contribution in [2.24, 2.45) is 0 Å². The van der Waals surface area contributed by atoms with E-state index < -0.39 is 6.04 Å². The standard InChI is InChI=1S/C29H33ClN2O2/c1-4-27(29(34)31-21(2)3)32(20-22-15-17-25(30)18-16-22)28(33)19-26(23-11-7-5-8-12-23)24-13-9-6-10-14-24/h5-18,21,26-27H,4,19-20H2,1-3H3,(H,31,34)/t27-/m0/s1. The second-order valence-corrected chi connectivity index (χ2v) is 9.25. The number of nitrogens with one attached hydrogen (secondary N) is 1. The van der Waals surface area contributed by atoms with Crippen LogP contribution in [-0.2, 0) is 16.1 Å². The molecular weight excluding hydrogens is 444 g/mol. The fourth-order valence-electron chi connectivity index (χ4n) is 4.18. The maximum Gasteiger partial charge on any atom is 0.243 e. The van der Waals surface area contributed by atoms with Crippen molar-refractivity contribution in [3.8, 4) is 0 Å². The molecule has 3 rings (SSSR count). The van der Waals surface area contributed by atoms with E-state index in [1.807, 2.05) is 81.4 Å². The molecule has 0 aliphatic heterocycles. The molecule has 1 N–H and O–H groups in total. The van der Waals surface area contributed by atoms with Crippen LogP contribution in [0.4, 0.5) is 0 Å². The van der Waals surface area contributed by atoms with Crippen LogP contribution in [0.1, 0.15) is 56.2 Å². The minimum Gasteiger partial charge on any atom is -0.352 e. The zero-order valence-corrected chi connectivity index (χ0v) is 20.8. The van der Waals surface area contributed by atoms with Crippen molar-refractivity contribution in [1.29, 1.82) is 0 Å². The molecule has 0 aliphatic carbocycles. The van der Waals surface area contributed by atoms with Crippen LogP contribution in [0.2, 0.25) is 5.02 Å². The number of nitrogens with zero attached hydrogens (tertiary/aromatic N) is 1. The first-order valence-electron chi connectivity index (χ1n) is 11.8. The van der Waals surface area contributed by atoms with Gasteiger partial charge in [-0.3, -0.25) is 9.59 Å². The molecule has 34 heavy (non-hydrogen) atoms. The zero-order valence-electron chi connectivity index (χ0n) is 20.1. The number of rotatable bonds is 10. The molecule has 5 heteroatoms. The average Bonchev–Trinajstić information content (AvgIpc) is 2.84. The molecule has 178 valence electrons. The third-order valence-corrected chi connectivity index (χ3v) is 6.12. The quantitative estimate of drug-likeness (QED) is 0.379. The summed E-state index contributed by atoms with van der Waals surface area (Å²) in [5.41, 5.74) is 3.09. The van der Waals surface area contributed by atoms with Gasteiger partial charge in [-0.1, -0.05) is 91.3 Å². The van der Waals surface area contributed by atoms with E-state index in [9.17, 15) is 9.59 Å². The number of amides is 2. The first-order valence-corrected chi connectivity index (χ1v) is 12.2.